The van der Waals surface area contributed by atoms with Crippen LogP contribution in [0.1, 0.15) is 6.42 Å². The van der Waals surface area contributed by atoms with E-state index in [2.05, 4.69) is 27.9 Å². The molecule has 1 amide bonds. The van der Waals surface area contributed by atoms with Crippen molar-refractivity contribution in [2.75, 3.05) is 11.1 Å². The lowest BCUT2D eigenvalue weighted by Crippen LogP contribution is -2.17. The number of sulfone groups is 1. The number of hydrogen-bond acceptors (Lipinski definition) is 3. The summed E-state index contributed by atoms with van der Waals surface area (Å²) in [7, 11) is -3.42. The standard InChI is InChI=1S/C15H14INO3S/c16-12-6-8-13(9-7-12)17-15(18)10-11-21(19,20)14-4-2-1-3-5-14/h1-9H,10-11H2,(H,17,18). The van der Waals surface area contributed by atoms with Crippen LogP contribution in [0, 0.1) is 3.57 Å². The van der Waals surface area contributed by atoms with E-state index in [0.29, 0.717) is 5.69 Å². The molecule has 21 heavy (non-hydrogen) atoms. The normalized spacial score (nSPS) is 11.1. The number of anilines is 1. The number of nitrogens with one attached hydrogen (secondary N) is 1. The van der Waals surface area contributed by atoms with Crippen LogP contribution in [-0.4, -0.2) is 20.1 Å². The van der Waals surface area contributed by atoms with Crippen LogP contribution in [0.2, 0.25) is 0 Å². The van der Waals surface area contributed by atoms with Gasteiger partial charge < -0.3 is 5.32 Å². The summed E-state index contributed by atoms with van der Waals surface area (Å²) < 4.78 is 25.2. The molecule has 0 aliphatic rings. The van der Waals surface area contributed by atoms with Gasteiger partial charge in [-0.1, -0.05) is 18.2 Å². The highest BCUT2D eigenvalue weighted by atomic mass is 127. The fourth-order valence-corrected chi connectivity index (χ4v) is 3.35. The van der Waals surface area contributed by atoms with Gasteiger partial charge in [0.25, 0.3) is 0 Å². The number of rotatable bonds is 5. The number of benzene rings is 2. The highest BCUT2D eigenvalue weighted by Gasteiger charge is 2.16. The predicted molar refractivity (Wildman–Crippen MR) is 90.9 cm³/mol. The highest BCUT2D eigenvalue weighted by Crippen LogP contribution is 2.13. The number of hydrogen-bond donors (Lipinski definition) is 1. The molecule has 0 unspecified atom stereocenters. The van der Waals surface area contributed by atoms with Gasteiger partial charge in [0.1, 0.15) is 0 Å². The Morgan fingerprint density at radius 2 is 1.62 bits per heavy atom. The molecule has 0 aliphatic heterocycles. The zero-order valence-electron chi connectivity index (χ0n) is 11.1. The fraction of sp³-hybridized carbons (Fsp3) is 0.133. The summed E-state index contributed by atoms with van der Waals surface area (Å²) in [6.45, 7) is 0. The quantitative estimate of drug-likeness (QED) is 0.764. The second-order valence-corrected chi connectivity index (χ2v) is 7.79. The number of carbonyl (C=O) groups excluding carboxylic acids is 1. The van der Waals surface area contributed by atoms with Crippen molar-refractivity contribution in [2.45, 2.75) is 11.3 Å². The average Bonchev–Trinajstić information content (AvgIpc) is 2.49. The molecule has 4 nitrogen and oxygen atoms in total. The molecule has 0 aromatic heterocycles. The van der Waals surface area contributed by atoms with Crippen molar-refractivity contribution in [3.8, 4) is 0 Å². The van der Waals surface area contributed by atoms with Gasteiger partial charge in [0.2, 0.25) is 5.91 Å². The first-order valence-corrected chi connectivity index (χ1v) is 9.04. The minimum absolute atomic E-state index is 0.0663. The van der Waals surface area contributed by atoms with Crippen LogP contribution in [0.15, 0.2) is 59.5 Å². The first kappa shape index (κ1) is 16.0. The van der Waals surface area contributed by atoms with E-state index in [-0.39, 0.29) is 23.0 Å². The summed E-state index contributed by atoms with van der Waals surface area (Å²) in [6, 6.07) is 15.5. The van der Waals surface area contributed by atoms with E-state index < -0.39 is 9.84 Å². The van der Waals surface area contributed by atoms with E-state index in [1.54, 1.807) is 30.3 Å². The molecule has 110 valence electrons. The van der Waals surface area contributed by atoms with Crippen molar-refractivity contribution in [2.24, 2.45) is 0 Å². The van der Waals surface area contributed by atoms with E-state index in [1.807, 2.05) is 12.1 Å². The van der Waals surface area contributed by atoms with E-state index in [0.717, 1.165) is 3.57 Å². The summed E-state index contributed by atoms with van der Waals surface area (Å²) >= 11 is 2.17. The Balaban J connectivity index is 1.93. The summed E-state index contributed by atoms with van der Waals surface area (Å²) in [6.07, 6.45) is -0.0663. The summed E-state index contributed by atoms with van der Waals surface area (Å²) in [5.74, 6) is -0.511. The van der Waals surface area contributed by atoms with Crippen LogP contribution in [0.4, 0.5) is 5.69 Å². The first-order valence-electron chi connectivity index (χ1n) is 6.30. The molecule has 0 aliphatic carbocycles. The molecule has 2 aromatic carbocycles. The maximum Gasteiger partial charge on any atom is 0.225 e. The van der Waals surface area contributed by atoms with Crippen LogP contribution in [-0.2, 0) is 14.6 Å². The van der Waals surface area contributed by atoms with Gasteiger partial charge in [-0.25, -0.2) is 8.42 Å². The molecule has 0 radical (unpaired) electrons. The van der Waals surface area contributed by atoms with Crippen LogP contribution >= 0.6 is 22.6 Å². The smallest absolute Gasteiger partial charge is 0.225 e. The van der Waals surface area contributed by atoms with E-state index in [4.69, 9.17) is 0 Å². The highest BCUT2D eigenvalue weighted by molar-refractivity contribution is 14.1. The van der Waals surface area contributed by atoms with Crippen LogP contribution in [0.25, 0.3) is 0 Å². The van der Waals surface area contributed by atoms with Crippen LogP contribution in [0.5, 0.6) is 0 Å². The summed E-state index contributed by atoms with van der Waals surface area (Å²) in [5, 5.41) is 2.69. The Bertz CT molecular complexity index is 712. The molecule has 0 saturated heterocycles. The summed E-state index contributed by atoms with van der Waals surface area (Å²) in [4.78, 5) is 12.0. The van der Waals surface area contributed by atoms with E-state index >= 15 is 0 Å². The van der Waals surface area contributed by atoms with E-state index in [1.165, 1.54) is 12.1 Å². The van der Waals surface area contributed by atoms with Crippen LogP contribution in [0.3, 0.4) is 0 Å². The Kier molecular flexibility index (Phi) is 5.35. The molecular weight excluding hydrogens is 401 g/mol. The Hall–Kier alpha value is -1.41. The maximum absolute atomic E-state index is 12.1. The molecule has 0 bridgehead atoms. The van der Waals surface area contributed by atoms with Gasteiger partial charge >= 0.3 is 0 Å². The van der Waals surface area contributed by atoms with Gasteiger partial charge in [-0.05, 0) is 59.0 Å². The summed E-state index contributed by atoms with van der Waals surface area (Å²) in [5.41, 5.74) is 0.664. The average molecular weight is 415 g/mol. The first-order chi connectivity index (χ1) is 9.97. The molecule has 0 saturated carbocycles. The SMILES string of the molecule is O=C(CCS(=O)(=O)c1ccccc1)Nc1ccc(I)cc1. The molecule has 1 N–H and O–H groups in total. The lowest BCUT2D eigenvalue weighted by molar-refractivity contribution is -0.115. The third-order valence-corrected chi connectivity index (χ3v) is 5.28. The topological polar surface area (TPSA) is 63.2 Å². The number of carbonyl (C=O) groups is 1. The van der Waals surface area contributed by atoms with Crippen molar-refractivity contribution in [3.63, 3.8) is 0 Å². The number of amides is 1. The van der Waals surface area contributed by atoms with E-state index in [9.17, 15) is 13.2 Å². The molecule has 6 heteroatoms. The molecular formula is C15H14INO3S. The monoisotopic (exact) mass is 415 g/mol. The molecule has 0 atom stereocenters. The largest absolute Gasteiger partial charge is 0.326 e. The van der Waals surface area contributed by atoms with Gasteiger partial charge in [-0.15, -0.1) is 0 Å². The Morgan fingerprint density at radius 1 is 1.00 bits per heavy atom. The third kappa shape index (κ3) is 4.82. The minimum atomic E-state index is -3.42. The number of halogens is 1. The van der Waals surface area contributed by atoms with Crippen molar-refractivity contribution >= 4 is 44.0 Å². The van der Waals surface area contributed by atoms with Crippen molar-refractivity contribution < 1.29 is 13.2 Å². The van der Waals surface area contributed by atoms with Crippen molar-refractivity contribution in [1.82, 2.24) is 0 Å². The Labute approximate surface area is 137 Å². The van der Waals surface area contributed by atoms with Gasteiger partial charge in [0.05, 0.1) is 10.6 Å². The van der Waals surface area contributed by atoms with Gasteiger partial charge in [-0.3, -0.25) is 4.79 Å². The Morgan fingerprint density at radius 3 is 2.24 bits per heavy atom. The minimum Gasteiger partial charge on any atom is -0.326 e. The molecule has 0 spiro atoms. The van der Waals surface area contributed by atoms with Gasteiger partial charge in [-0.2, -0.15) is 0 Å². The predicted octanol–water partition coefficient (Wildman–Crippen LogP) is 3.09. The maximum atomic E-state index is 12.1. The van der Waals surface area contributed by atoms with Crippen LogP contribution < -0.4 is 5.32 Å². The lowest BCUT2D eigenvalue weighted by Gasteiger charge is -2.06. The second-order valence-electron chi connectivity index (χ2n) is 4.44. The third-order valence-electron chi connectivity index (χ3n) is 2.83. The van der Waals surface area contributed by atoms with Gasteiger partial charge in [0, 0.05) is 15.7 Å². The zero-order chi connectivity index (χ0) is 15.3. The molecule has 2 rings (SSSR count). The molecule has 0 heterocycles. The van der Waals surface area contributed by atoms with Crippen molar-refractivity contribution in [3.05, 3.63) is 58.2 Å². The molecule has 2 aromatic rings. The second kappa shape index (κ2) is 7.04. The van der Waals surface area contributed by atoms with Crippen molar-refractivity contribution in [1.29, 1.82) is 0 Å². The zero-order valence-corrected chi connectivity index (χ0v) is 14.1. The molecule has 0 fully saturated rings. The van der Waals surface area contributed by atoms with Gasteiger partial charge in [0.15, 0.2) is 9.84 Å². The lowest BCUT2D eigenvalue weighted by atomic mass is 10.3. The fourth-order valence-electron chi connectivity index (χ4n) is 1.73.